The number of unbranched alkanes of at least 4 members (excludes halogenated alkanes) is 1. The molecule has 0 aliphatic heterocycles. The van der Waals surface area contributed by atoms with Gasteiger partial charge in [-0.1, -0.05) is 42.9 Å². The molecule has 0 unspecified atom stereocenters. The molecular weight excluding hydrogens is 478 g/mol. The van der Waals surface area contributed by atoms with E-state index in [1.165, 1.54) is 23.5 Å². The van der Waals surface area contributed by atoms with Crippen LogP contribution in [0.5, 0.6) is 5.75 Å². The third-order valence-electron chi connectivity index (χ3n) is 5.53. The summed E-state index contributed by atoms with van der Waals surface area (Å²) in [6.45, 7) is 4.37. The molecule has 0 spiro atoms. The van der Waals surface area contributed by atoms with E-state index in [1.807, 2.05) is 19.0 Å². The molecule has 0 atom stereocenters. The maximum absolute atomic E-state index is 12.9. The van der Waals surface area contributed by atoms with Crippen LogP contribution in [-0.4, -0.2) is 22.4 Å². The fourth-order valence-corrected chi connectivity index (χ4v) is 4.67. The van der Waals surface area contributed by atoms with Gasteiger partial charge in [0.1, 0.15) is 17.4 Å². The van der Waals surface area contributed by atoms with Gasteiger partial charge < -0.3 is 4.74 Å². The number of halogens is 3. The maximum atomic E-state index is 12.9. The summed E-state index contributed by atoms with van der Waals surface area (Å²) in [7, 11) is 0.696. The number of nitrogens with one attached hydrogen (secondary N) is 1. The van der Waals surface area contributed by atoms with Crippen molar-refractivity contribution >= 4 is 24.1 Å². The maximum Gasteiger partial charge on any atom is 0.439 e. The van der Waals surface area contributed by atoms with Crippen molar-refractivity contribution in [2.45, 2.75) is 45.8 Å². The lowest BCUT2D eigenvalue weighted by Gasteiger charge is -2.10. The summed E-state index contributed by atoms with van der Waals surface area (Å²) in [6, 6.07) is 10.6. The van der Waals surface area contributed by atoms with E-state index < -0.39 is 17.5 Å². The third kappa shape index (κ3) is 5.84. The number of hydrogen-bond acceptors (Lipinski definition) is 6. The molecule has 2 heterocycles. The van der Waals surface area contributed by atoms with Crippen molar-refractivity contribution in [2.75, 3.05) is 0 Å². The van der Waals surface area contributed by atoms with Gasteiger partial charge in [-0.3, -0.25) is 9.51 Å². The molecule has 1 N–H and O–H groups in total. The summed E-state index contributed by atoms with van der Waals surface area (Å²) in [5.74, 6) is 0.405. The van der Waals surface area contributed by atoms with Crippen LogP contribution in [-0.2, 0) is 19.2 Å². The number of H-pyrrole nitrogens is 1. The molecule has 0 aliphatic rings. The Hall–Kier alpha value is -3.34. The van der Waals surface area contributed by atoms with Gasteiger partial charge in [-0.2, -0.15) is 13.2 Å². The minimum atomic E-state index is -4.37. The summed E-state index contributed by atoms with van der Waals surface area (Å²) in [5, 5.41) is 4.42. The number of aromatic amines is 1. The van der Waals surface area contributed by atoms with Crippen LogP contribution >= 0.6 is 11.3 Å². The average molecular weight is 501 g/mol. The zero-order valence-corrected chi connectivity index (χ0v) is 20.1. The first kappa shape index (κ1) is 24.8. The molecule has 0 aliphatic carbocycles. The minimum Gasteiger partial charge on any atom is -0.488 e. The first-order chi connectivity index (χ1) is 16.8. The highest BCUT2D eigenvalue weighted by Crippen LogP contribution is 2.34. The van der Waals surface area contributed by atoms with Crippen molar-refractivity contribution in [2.24, 2.45) is 0 Å². The van der Waals surface area contributed by atoms with Crippen LogP contribution in [0.1, 0.15) is 35.9 Å². The van der Waals surface area contributed by atoms with E-state index >= 15 is 0 Å². The Kier molecular flexibility index (Phi) is 7.44. The molecule has 11 heteroatoms. The van der Waals surface area contributed by atoms with E-state index in [0.29, 0.717) is 36.0 Å². The van der Waals surface area contributed by atoms with Gasteiger partial charge in [-0.15, -0.1) is 11.3 Å². The molecular formula is C24H23BF3N3O3S. The first-order valence-electron chi connectivity index (χ1n) is 11.3. The SMILES string of the molecule is CBc1cc(OCc2sc(-c3ccc(C(F)(F)F)cc3)nc2CCCC)ccc1-c1noc(=O)[nH]1. The van der Waals surface area contributed by atoms with Crippen molar-refractivity contribution in [3.05, 3.63) is 69.1 Å². The molecule has 0 amide bonds. The second kappa shape index (κ2) is 10.5. The van der Waals surface area contributed by atoms with Crippen molar-refractivity contribution in [3.63, 3.8) is 0 Å². The summed E-state index contributed by atoms with van der Waals surface area (Å²) < 4.78 is 49.4. The fourth-order valence-electron chi connectivity index (χ4n) is 3.64. The molecule has 0 radical (unpaired) electrons. The molecule has 182 valence electrons. The Bertz CT molecular complexity index is 1350. The summed E-state index contributed by atoms with van der Waals surface area (Å²) in [4.78, 5) is 19.5. The Morgan fingerprint density at radius 3 is 2.57 bits per heavy atom. The zero-order chi connectivity index (χ0) is 25.0. The van der Waals surface area contributed by atoms with E-state index in [9.17, 15) is 18.0 Å². The smallest absolute Gasteiger partial charge is 0.439 e. The van der Waals surface area contributed by atoms with Gasteiger partial charge in [0.05, 0.1) is 16.1 Å². The number of alkyl halides is 3. The number of thiazole rings is 1. The monoisotopic (exact) mass is 501 g/mol. The van der Waals surface area contributed by atoms with Crippen LogP contribution in [0.3, 0.4) is 0 Å². The highest BCUT2D eigenvalue weighted by Gasteiger charge is 2.30. The molecule has 4 rings (SSSR count). The van der Waals surface area contributed by atoms with Gasteiger partial charge in [-0.25, -0.2) is 9.78 Å². The van der Waals surface area contributed by atoms with Crippen LogP contribution in [0.25, 0.3) is 22.0 Å². The number of hydrogen-bond donors (Lipinski definition) is 1. The Balaban J connectivity index is 1.55. The van der Waals surface area contributed by atoms with Crippen molar-refractivity contribution < 1.29 is 22.4 Å². The Morgan fingerprint density at radius 1 is 1.17 bits per heavy atom. The molecule has 0 saturated carbocycles. The molecule has 6 nitrogen and oxygen atoms in total. The third-order valence-corrected chi connectivity index (χ3v) is 6.65. The molecule has 4 aromatic rings. The lowest BCUT2D eigenvalue weighted by molar-refractivity contribution is -0.137. The molecule has 2 aromatic carbocycles. The van der Waals surface area contributed by atoms with E-state index in [-0.39, 0.29) is 0 Å². The van der Waals surface area contributed by atoms with Crippen LogP contribution in [0.15, 0.2) is 51.8 Å². The lowest BCUT2D eigenvalue weighted by Crippen LogP contribution is -2.15. The topological polar surface area (TPSA) is 81.0 Å². The van der Waals surface area contributed by atoms with Gasteiger partial charge in [0.15, 0.2) is 13.1 Å². The van der Waals surface area contributed by atoms with E-state index in [2.05, 4.69) is 21.6 Å². The van der Waals surface area contributed by atoms with Gasteiger partial charge in [0, 0.05) is 11.1 Å². The lowest BCUT2D eigenvalue weighted by atomic mass is 9.70. The van der Waals surface area contributed by atoms with Crippen LogP contribution in [0.2, 0.25) is 6.82 Å². The Labute approximate surface area is 204 Å². The van der Waals surface area contributed by atoms with E-state index in [0.717, 1.165) is 53.0 Å². The summed E-state index contributed by atoms with van der Waals surface area (Å²) in [5.41, 5.74) is 2.56. The molecule has 0 saturated heterocycles. The normalized spacial score (nSPS) is 11.6. The number of rotatable bonds is 9. The first-order valence-corrected chi connectivity index (χ1v) is 12.1. The van der Waals surface area contributed by atoms with Gasteiger partial charge in [0.25, 0.3) is 0 Å². The minimum absolute atomic E-state index is 0.292. The number of aromatic nitrogens is 3. The Morgan fingerprint density at radius 2 is 1.94 bits per heavy atom. The van der Waals surface area contributed by atoms with Crippen molar-refractivity contribution in [3.8, 4) is 27.7 Å². The summed E-state index contributed by atoms with van der Waals surface area (Å²) in [6.07, 6.45) is -1.65. The van der Waals surface area contributed by atoms with E-state index in [1.54, 1.807) is 6.07 Å². The predicted octanol–water partition coefficient (Wildman–Crippen LogP) is 5.20. The van der Waals surface area contributed by atoms with Crippen LogP contribution in [0.4, 0.5) is 13.2 Å². The molecule has 0 bridgehead atoms. The highest BCUT2D eigenvalue weighted by molar-refractivity contribution is 7.15. The largest absolute Gasteiger partial charge is 0.488 e. The molecule has 2 aromatic heterocycles. The number of ether oxygens (including phenoxy) is 1. The number of aryl methyl sites for hydroxylation is 1. The van der Waals surface area contributed by atoms with Gasteiger partial charge in [0.2, 0.25) is 0 Å². The quantitative estimate of drug-likeness (QED) is 0.319. The van der Waals surface area contributed by atoms with Gasteiger partial charge in [-0.05, 0) is 43.2 Å². The van der Waals surface area contributed by atoms with Crippen molar-refractivity contribution in [1.82, 2.24) is 15.1 Å². The van der Waals surface area contributed by atoms with Crippen molar-refractivity contribution in [1.29, 1.82) is 0 Å². The highest BCUT2D eigenvalue weighted by atomic mass is 32.1. The molecule has 0 fully saturated rings. The van der Waals surface area contributed by atoms with Gasteiger partial charge >= 0.3 is 11.9 Å². The zero-order valence-electron chi connectivity index (χ0n) is 19.2. The standard InChI is InChI=1S/C24H23BF3N3O3S/c1-3-4-5-19-20(35-22(29-19)14-6-8-15(9-7-14)24(26,27)28)13-33-16-10-11-17(18(12-16)25-2)21-30-23(32)34-31-21/h6-12,25H,3-5,13H2,1-2H3,(H,30,31,32). The second-order valence-electron chi connectivity index (χ2n) is 7.97. The predicted molar refractivity (Wildman–Crippen MR) is 131 cm³/mol. The fraction of sp³-hybridized carbons (Fsp3) is 0.292. The average Bonchev–Trinajstić information content (AvgIpc) is 3.46. The number of benzene rings is 2. The molecule has 35 heavy (non-hydrogen) atoms. The van der Waals surface area contributed by atoms with E-state index in [4.69, 9.17) is 9.72 Å². The van der Waals surface area contributed by atoms with Crippen LogP contribution < -0.4 is 16.0 Å². The second-order valence-corrected chi connectivity index (χ2v) is 9.06. The van der Waals surface area contributed by atoms with Crippen LogP contribution in [0, 0.1) is 0 Å². The number of nitrogens with zero attached hydrogens (tertiary/aromatic N) is 2. The summed E-state index contributed by atoms with van der Waals surface area (Å²) >= 11 is 1.43.